The van der Waals surface area contributed by atoms with Crippen LogP contribution in [0.4, 0.5) is 5.69 Å². The van der Waals surface area contributed by atoms with E-state index in [1.807, 2.05) is 13.0 Å². The molecule has 0 aromatic heterocycles. The molecule has 2 rings (SSSR count). The van der Waals surface area contributed by atoms with E-state index in [0.717, 1.165) is 11.3 Å². The van der Waals surface area contributed by atoms with Crippen LogP contribution in [0.2, 0.25) is 5.02 Å². The zero-order chi connectivity index (χ0) is 16.1. The Morgan fingerprint density at radius 3 is 2.68 bits per heavy atom. The molecule has 4 nitrogen and oxygen atoms in total. The van der Waals surface area contributed by atoms with Crippen molar-refractivity contribution in [2.45, 2.75) is 6.92 Å². The minimum absolute atomic E-state index is 0.196. The molecular weight excluding hydrogens is 320 g/mol. The molecular formula is C16H15ClN2O2S. The van der Waals surface area contributed by atoms with Crippen LogP contribution >= 0.6 is 23.8 Å². The van der Waals surface area contributed by atoms with Gasteiger partial charge in [-0.15, -0.1) is 0 Å². The number of methoxy groups -OCH3 is 1. The summed E-state index contributed by atoms with van der Waals surface area (Å²) in [5.74, 6) is 0.149. The van der Waals surface area contributed by atoms with Crippen LogP contribution in [0, 0.1) is 6.92 Å². The fourth-order valence-corrected chi connectivity index (χ4v) is 2.26. The lowest BCUT2D eigenvalue weighted by molar-refractivity contribution is 0.0975. The van der Waals surface area contributed by atoms with Crippen molar-refractivity contribution >= 4 is 40.5 Å². The van der Waals surface area contributed by atoms with E-state index in [1.54, 1.807) is 36.4 Å². The number of carbonyl (C=O) groups excluding carboxylic acids is 1. The lowest BCUT2D eigenvalue weighted by Crippen LogP contribution is -2.34. The first-order chi connectivity index (χ1) is 10.5. The molecule has 0 heterocycles. The van der Waals surface area contributed by atoms with Gasteiger partial charge in [-0.25, -0.2) is 0 Å². The molecule has 6 heteroatoms. The Kier molecular flexibility index (Phi) is 5.35. The second-order valence-electron chi connectivity index (χ2n) is 4.57. The van der Waals surface area contributed by atoms with Gasteiger partial charge in [0, 0.05) is 10.7 Å². The molecule has 0 saturated carbocycles. The van der Waals surface area contributed by atoms with E-state index >= 15 is 0 Å². The second kappa shape index (κ2) is 7.24. The number of anilines is 1. The summed E-state index contributed by atoms with van der Waals surface area (Å²) in [6.07, 6.45) is 0. The van der Waals surface area contributed by atoms with Gasteiger partial charge in [0.2, 0.25) is 0 Å². The summed E-state index contributed by atoms with van der Waals surface area (Å²) in [5, 5.41) is 6.37. The van der Waals surface area contributed by atoms with Crippen molar-refractivity contribution in [1.29, 1.82) is 0 Å². The fourth-order valence-electron chi connectivity index (χ4n) is 1.89. The lowest BCUT2D eigenvalue weighted by Gasteiger charge is -2.13. The van der Waals surface area contributed by atoms with E-state index in [2.05, 4.69) is 10.6 Å². The second-order valence-corrected chi connectivity index (χ2v) is 5.41. The molecule has 1 amide bonds. The maximum atomic E-state index is 12.2. The van der Waals surface area contributed by atoms with Crippen molar-refractivity contribution in [1.82, 2.24) is 5.32 Å². The number of amides is 1. The van der Waals surface area contributed by atoms with Crippen LogP contribution in [0.15, 0.2) is 42.5 Å². The Balaban J connectivity index is 2.08. The fraction of sp³-hybridized carbons (Fsp3) is 0.125. The topological polar surface area (TPSA) is 50.4 Å². The summed E-state index contributed by atoms with van der Waals surface area (Å²) in [4.78, 5) is 12.2. The van der Waals surface area contributed by atoms with Gasteiger partial charge in [0.1, 0.15) is 5.75 Å². The van der Waals surface area contributed by atoms with Crippen LogP contribution < -0.4 is 15.4 Å². The largest absolute Gasteiger partial charge is 0.496 e. The highest BCUT2D eigenvalue weighted by molar-refractivity contribution is 7.80. The van der Waals surface area contributed by atoms with E-state index in [4.69, 9.17) is 28.6 Å². The summed E-state index contributed by atoms with van der Waals surface area (Å²) in [7, 11) is 1.51. The molecule has 2 N–H and O–H groups in total. The molecule has 0 aliphatic carbocycles. The van der Waals surface area contributed by atoms with E-state index in [1.165, 1.54) is 7.11 Å². The highest BCUT2D eigenvalue weighted by atomic mass is 35.5. The number of thiocarbonyl (C=S) groups is 1. The molecule has 0 spiro atoms. The number of benzene rings is 2. The standard InChI is InChI=1S/C16H15ClN2O2S/c1-10-7-8-11(17)9-13(10)18-16(22)19-15(20)12-5-3-4-6-14(12)21-2/h3-9H,1-2H3,(H2,18,19,20,22). The van der Waals surface area contributed by atoms with Crippen LogP contribution in [0.1, 0.15) is 15.9 Å². The van der Waals surface area contributed by atoms with Crippen LogP contribution in [-0.4, -0.2) is 18.1 Å². The third kappa shape index (κ3) is 3.96. The highest BCUT2D eigenvalue weighted by Crippen LogP contribution is 2.20. The van der Waals surface area contributed by atoms with Gasteiger partial charge in [-0.2, -0.15) is 0 Å². The summed E-state index contributed by atoms with van der Waals surface area (Å²) in [6.45, 7) is 1.92. The number of hydrogen-bond donors (Lipinski definition) is 2. The number of rotatable bonds is 3. The number of nitrogens with one attached hydrogen (secondary N) is 2. The number of hydrogen-bond acceptors (Lipinski definition) is 3. The predicted octanol–water partition coefficient (Wildman–Crippen LogP) is 3.78. The molecule has 0 aliphatic heterocycles. The smallest absolute Gasteiger partial charge is 0.261 e. The van der Waals surface area contributed by atoms with Crippen molar-refractivity contribution in [3.63, 3.8) is 0 Å². The molecule has 0 unspecified atom stereocenters. The number of aryl methyl sites for hydroxylation is 1. The maximum absolute atomic E-state index is 12.2. The number of carbonyl (C=O) groups is 1. The zero-order valence-electron chi connectivity index (χ0n) is 12.1. The molecule has 0 bridgehead atoms. The van der Waals surface area contributed by atoms with Gasteiger partial charge in [0.25, 0.3) is 5.91 Å². The summed E-state index contributed by atoms with van der Waals surface area (Å²) in [6, 6.07) is 12.3. The summed E-state index contributed by atoms with van der Waals surface area (Å²) >= 11 is 11.1. The van der Waals surface area contributed by atoms with Gasteiger partial charge in [0.15, 0.2) is 5.11 Å². The zero-order valence-corrected chi connectivity index (χ0v) is 13.7. The first-order valence-electron chi connectivity index (χ1n) is 6.52. The quantitative estimate of drug-likeness (QED) is 0.839. The van der Waals surface area contributed by atoms with Crippen molar-refractivity contribution in [3.8, 4) is 5.75 Å². The van der Waals surface area contributed by atoms with Crippen LogP contribution in [0.5, 0.6) is 5.75 Å². The minimum Gasteiger partial charge on any atom is -0.496 e. The van der Waals surface area contributed by atoms with Crippen molar-refractivity contribution < 1.29 is 9.53 Å². The maximum Gasteiger partial charge on any atom is 0.261 e. The molecule has 0 radical (unpaired) electrons. The molecule has 0 fully saturated rings. The first-order valence-corrected chi connectivity index (χ1v) is 7.31. The third-order valence-electron chi connectivity index (χ3n) is 3.03. The molecule has 2 aromatic carbocycles. The average molecular weight is 335 g/mol. The molecule has 22 heavy (non-hydrogen) atoms. The number of para-hydroxylation sites is 1. The first kappa shape index (κ1) is 16.3. The molecule has 114 valence electrons. The Labute approximate surface area is 139 Å². The van der Waals surface area contributed by atoms with Crippen LogP contribution in [-0.2, 0) is 0 Å². The Morgan fingerprint density at radius 1 is 1.23 bits per heavy atom. The van der Waals surface area contributed by atoms with Crippen molar-refractivity contribution in [3.05, 3.63) is 58.6 Å². The third-order valence-corrected chi connectivity index (χ3v) is 3.47. The highest BCUT2D eigenvalue weighted by Gasteiger charge is 2.13. The van der Waals surface area contributed by atoms with E-state index < -0.39 is 0 Å². The summed E-state index contributed by atoms with van der Waals surface area (Å²) in [5.41, 5.74) is 2.13. The van der Waals surface area contributed by atoms with Gasteiger partial charge < -0.3 is 10.1 Å². The van der Waals surface area contributed by atoms with Gasteiger partial charge in [-0.1, -0.05) is 29.8 Å². The van der Waals surface area contributed by atoms with Gasteiger partial charge >= 0.3 is 0 Å². The number of halogens is 1. The monoisotopic (exact) mass is 334 g/mol. The van der Waals surface area contributed by atoms with Gasteiger partial charge in [-0.3, -0.25) is 10.1 Å². The van der Waals surface area contributed by atoms with E-state index in [0.29, 0.717) is 16.3 Å². The molecule has 0 saturated heterocycles. The van der Waals surface area contributed by atoms with Crippen LogP contribution in [0.3, 0.4) is 0 Å². The van der Waals surface area contributed by atoms with Gasteiger partial charge in [-0.05, 0) is 49.0 Å². The number of ether oxygens (including phenoxy) is 1. The Hall–Kier alpha value is -2.11. The predicted molar refractivity (Wildman–Crippen MR) is 92.9 cm³/mol. The minimum atomic E-state index is -0.338. The van der Waals surface area contributed by atoms with Crippen LogP contribution in [0.25, 0.3) is 0 Å². The average Bonchev–Trinajstić information content (AvgIpc) is 2.50. The van der Waals surface area contributed by atoms with E-state index in [-0.39, 0.29) is 11.0 Å². The van der Waals surface area contributed by atoms with E-state index in [9.17, 15) is 4.79 Å². The van der Waals surface area contributed by atoms with Crippen molar-refractivity contribution in [2.75, 3.05) is 12.4 Å². The Bertz CT molecular complexity index is 719. The lowest BCUT2D eigenvalue weighted by atomic mass is 10.2. The van der Waals surface area contributed by atoms with Gasteiger partial charge in [0.05, 0.1) is 12.7 Å². The Morgan fingerprint density at radius 2 is 1.95 bits per heavy atom. The molecule has 0 atom stereocenters. The summed E-state index contributed by atoms with van der Waals surface area (Å²) < 4.78 is 5.16. The van der Waals surface area contributed by atoms with Crippen molar-refractivity contribution in [2.24, 2.45) is 0 Å². The molecule has 2 aromatic rings. The SMILES string of the molecule is COc1ccccc1C(=O)NC(=S)Nc1cc(Cl)ccc1C. The molecule has 0 aliphatic rings. The normalized spacial score (nSPS) is 9.95.